The summed E-state index contributed by atoms with van der Waals surface area (Å²) in [6.45, 7) is 8.34. The van der Waals surface area contributed by atoms with Gasteiger partial charge in [0, 0.05) is 38.9 Å². The third-order valence-corrected chi connectivity index (χ3v) is 9.43. The molecule has 0 saturated heterocycles. The first-order valence-corrected chi connectivity index (χ1v) is 17.2. The van der Waals surface area contributed by atoms with Crippen molar-refractivity contribution in [3.8, 4) is 11.6 Å². The summed E-state index contributed by atoms with van der Waals surface area (Å²) in [5, 5.41) is 9.30. The zero-order chi connectivity index (χ0) is 27.7. The van der Waals surface area contributed by atoms with Crippen molar-refractivity contribution in [1.82, 2.24) is 24.5 Å². The van der Waals surface area contributed by atoms with Crippen LogP contribution in [0.3, 0.4) is 0 Å². The van der Waals surface area contributed by atoms with Crippen LogP contribution in [-0.2, 0) is 21.8 Å². The first-order chi connectivity index (χ1) is 17.9. The molecule has 0 unspecified atom stereocenters. The van der Waals surface area contributed by atoms with Gasteiger partial charge in [-0.1, -0.05) is 19.6 Å². The molecule has 0 amide bonds. The number of nitrogens with zero attached hydrogens (tertiary/aromatic N) is 6. The van der Waals surface area contributed by atoms with Gasteiger partial charge in [-0.3, -0.25) is 9.48 Å². The fraction of sp³-hybridized carbons (Fsp3) is 0.360. The van der Waals surface area contributed by atoms with Crippen molar-refractivity contribution < 1.29 is 22.7 Å². The van der Waals surface area contributed by atoms with Crippen molar-refractivity contribution in [2.45, 2.75) is 37.5 Å². The molecule has 3 aromatic heterocycles. The van der Waals surface area contributed by atoms with Crippen molar-refractivity contribution in [3.05, 3.63) is 54.6 Å². The van der Waals surface area contributed by atoms with Gasteiger partial charge in [-0.2, -0.15) is 10.2 Å². The number of aryl methyl sites for hydroxylation is 1. The van der Waals surface area contributed by atoms with E-state index in [-0.39, 0.29) is 17.4 Å². The first kappa shape index (κ1) is 27.5. The predicted octanol–water partition coefficient (Wildman–Crippen LogP) is 3.87. The second kappa shape index (κ2) is 10.7. The molecule has 0 saturated carbocycles. The van der Waals surface area contributed by atoms with Gasteiger partial charge >= 0.3 is 0 Å². The predicted molar refractivity (Wildman–Crippen MR) is 147 cm³/mol. The number of benzene rings is 1. The maximum atomic E-state index is 14.1. The third-order valence-electron chi connectivity index (χ3n) is 6.05. The minimum atomic E-state index is -4.18. The summed E-state index contributed by atoms with van der Waals surface area (Å²) in [6, 6.07) is 7.57. The third kappa shape index (κ3) is 5.64. The second-order valence-electron chi connectivity index (χ2n) is 10.1. The molecule has 0 aliphatic carbocycles. The van der Waals surface area contributed by atoms with Crippen LogP contribution in [0.5, 0.6) is 5.75 Å². The molecule has 0 spiro atoms. The number of aromatic nitrogens is 5. The number of methoxy groups -OCH3 is 1. The summed E-state index contributed by atoms with van der Waals surface area (Å²) in [5.74, 6) is 0.553. The maximum absolute atomic E-state index is 14.1. The molecule has 0 N–H and O–H groups in total. The highest BCUT2D eigenvalue weighted by Crippen LogP contribution is 2.39. The van der Waals surface area contributed by atoms with Crippen molar-refractivity contribution in [3.63, 3.8) is 0 Å². The lowest BCUT2D eigenvalue weighted by molar-refractivity contribution is 0.101. The van der Waals surface area contributed by atoms with Crippen molar-refractivity contribution in [2.75, 3.05) is 24.8 Å². The maximum Gasteiger partial charge on any atom is 0.269 e. The van der Waals surface area contributed by atoms with E-state index in [9.17, 15) is 13.2 Å². The molecule has 13 heteroatoms. The number of carbonyl (C=O) groups is 1. The van der Waals surface area contributed by atoms with Gasteiger partial charge in [0.1, 0.15) is 23.1 Å². The van der Waals surface area contributed by atoms with E-state index in [2.05, 4.69) is 34.8 Å². The van der Waals surface area contributed by atoms with Gasteiger partial charge in [-0.15, -0.1) is 0 Å². The Labute approximate surface area is 223 Å². The van der Waals surface area contributed by atoms with Crippen LogP contribution in [0, 0.1) is 0 Å². The van der Waals surface area contributed by atoms with Crippen LogP contribution >= 0.6 is 0 Å². The summed E-state index contributed by atoms with van der Waals surface area (Å²) >= 11 is 0. The Bertz CT molecular complexity index is 1570. The summed E-state index contributed by atoms with van der Waals surface area (Å²) < 4.78 is 43.9. The number of ketones is 1. The lowest BCUT2D eigenvalue weighted by Crippen LogP contribution is -2.34. The quantitative estimate of drug-likeness (QED) is 0.118. The standard InChI is InChI=1S/C25H32N6O5SSi/c1-18(32)19-9-10-26-23(13-19)30-16-21(15-28-30)37(33,34)31(17-36-11-12-38(4,5)6)25-22(35-3)8-7-20-14-27-29(2)24(20)25/h7-10,13-16H,11-12,17H2,1-6H3. The van der Waals surface area contributed by atoms with Gasteiger partial charge in [0.05, 0.1) is 31.2 Å². The Hall–Kier alpha value is -3.55. The topological polar surface area (TPSA) is 121 Å². The summed E-state index contributed by atoms with van der Waals surface area (Å²) in [5.41, 5.74) is 1.35. The number of pyridine rings is 1. The highest BCUT2D eigenvalue weighted by atomic mass is 32.2. The van der Waals surface area contributed by atoms with Crippen LogP contribution in [0.15, 0.2) is 53.9 Å². The fourth-order valence-corrected chi connectivity index (χ4v) is 5.92. The van der Waals surface area contributed by atoms with Crippen LogP contribution in [0.25, 0.3) is 16.7 Å². The Kier molecular flexibility index (Phi) is 7.72. The zero-order valence-corrected chi connectivity index (χ0v) is 24.2. The molecule has 202 valence electrons. The van der Waals surface area contributed by atoms with Gasteiger partial charge in [-0.05, 0) is 37.2 Å². The summed E-state index contributed by atoms with van der Waals surface area (Å²) in [6.07, 6.45) is 5.77. The van der Waals surface area contributed by atoms with E-state index in [1.54, 1.807) is 36.1 Å². The lowest BCUT2D eigenvalue weighted by Gasteiger charge is -2.26. The van der Waals surface area contributed by atoms with Gasteiger partial charge in [0.25, 0.3) is 10.0 Å². The summed E-state index contributed by atoms with van der Waals surface area (Å²) in [7, 11) is -2.35. The molecule has 11 nitrogen and oxygen atoms in total. The van der Waals surface area contributed by atoms with Gasteiger partial charge in [-0.25, -0.2) is 22.4 Å². The number of carbonyl (C=O) groups excluding carboxylic acids is 1. The SMILES string of the molecule is COc1ccc2cnn(C)c2c1N(COCC[Si](C)(C)C)S(=O)(=O)c1cnn(-c2cc(C(C)=O)ccn2)c1. The molecular weight excluding hydrogens is 524 g/mol. The molecule has 0 aliphatic heterocycles. The largest absolute Gasteiger partial charge is 0.494 e. The lowest BCUT2D eigenvalue weighted by atomic mass is 10.2. The number of ether oxygens (including phenoxy) is 2. The molecule has 0 fully saturated rings. The minimum absolute atomic E-state index is 0.0671. The monoisotopic (exact) mass is 556 g/mol. The van der Waals surface area contributed by atoms with E-state index in [1.807, 2.05) is 6.07 Å². The van der Waals surface area contributed by atoms with E-state index >= 15 is 0 Å². The highest BCUT2D eigenvalue weighted by molar-refractivity contribution is 7.92. The Balaban J connectivity index is 1.79. The van der Waals surface area contributed by atoms with Crippen LogP contribution in [0.4, 0.5) is 5.69 Å². The van der Waals surface area contributed by atoms with Crippen LogP contribution in [0.2, 0.25) is 25.7 Å². The van der Waals surface area contributed by atoms with Gasteiger partial charge in [0.2, 0.25) is 0 Å². The molecule has 1 aromatic carbocycles. The van der Waals surface area contributed by atoms with Crippen molar-refractivity contribution in [2.24, 2.45) is 7.05 Å². The first-order valence-electron chi connectivity index (χ1n) is 12.0. The second-order valence-corrected chi connectivity index (χ2v) is 17.6. The molecule has 4 aromatic rings. The van der Waals surface area contributed by atoms with Crippen LogP contribution in [0.1, 0.15) is 17.3 Å². The number of rotatable bonds is 11. The summed E-state index contributed by atoms with van der Waals surface area (Å²) in [4.78, 5) is 16.0. The number of hydrogen-bond donors (Lipinski definition) is 0. The molecule has 0 atom stereocenters. The Morgan fingerprint density at radius 3 is 2.58 bits per heavy atom. The molecule has 3 heterocycles. The normalized spacial score (nSPS) is 12.2. The number of fused-ring (bicyclic) bond motifs is 1. The zero-order valence-electron chi connectivity index (χ0n) is 22.4. The van der Waals surface area contributed by atoms with E-state index in [4.69, 9.17) is 9.47 Å². The van der Waals surface area contributed by atoms with E-state index in [1.165, 1.54) is 41.6 Å². The smallest absolute Gasteiger partial charge is 0.269 e. The van der Waals surface area contributed by atoms with E-state index in [0.29, 0.717) is 34.9 Å². The molecule has 4 rings (SSSR count). The molecule has 0 radical (unpaired) electrons. The molecule has 0 bridgehead atoms. The number of sulfonamides is 1. The highest BCUT2D eigenvalue weighted by Gasteiger charge is 2.32. The van der Waals surface area contributed by atoms with Crippen LogP contribution in [-0.4, -0.2) is 67.3 Å². The van der Waals surface area contributed by atoms with Crippen molar-refractivity contribution in [1.29, 1.82) is 0 Å². The van der Waals surface area contributed by atoms with E-state index in [0.717, 1.165) is 11.4 Å². The van der Waals surface area contributed by atoms with Gasteiger partial charge < -0.3 is 9.47 Å². The molecule has 38 heavy (non-hydrogen) atoms. The molecular formula is C25H32N6O5SSi. The average Bonchev–Trinajstić information content (AvgIpc) is 3.51. The van der Waals surface area contributed by atoms with Crippen LogP contribution < -0.4 is 9.04 Å². The Morgan fingerprint density at radius 2 is 1.89 bits per heavy atom. The van der Waals surface area contributed by atoms with E-state index < -0.39 is 18.1 Å². The number of hydrogen-bond acceptors (Lipinski definition) is 8. The minimum Gasteiger partial charge on any atom is -0.494 e. The van der Waals surface area contributed by atoms with Crippen molar-refractivity contribution >= 4 is 40.5 Å². The fourth-order valence-electron chi connectivity index (χ4n) is 3.87. The molecule has 0 aliphatic rings. The Morgan fingerprint density at radius 1 is 1.13 bits per heavy atom. The average molecular weight is 557 g/mol. The van der Waals surface area contributed by atoms with Gasteiger partial charge in [0.15, 0.2) is 11.6 Å². The number of Topliss-reactive ketones (excluding diaryl/α,β-unsaturated/α-hetero) is 1. The number of anilines is 1.